The molecule has 0 aliphatic carbocycles. The van der Waals surface area contributed by atoms with Gasteiger partial charge in [-0.3, -0.25) is 4.90 Å². The van der Waals surface area contributed by atoms with Gasteiger partial charge in [0.25, 0.3) is 0 Å². The lowest BCUT2D eigenvalue weighted by Gasteiger charge is -2.35. The average molecular weight is 283 g/mol. The fourth-order valence-electron chi connectivity index (χ4n) is 2.28. The zero-order valence-corrected chi connectivity index (χ0v) is 12.3. The second-order valence-electron chi connectivity index (χ2n) is 5.18. The molecule has 1 atom stereocenters. The van der Waals surface area contributed by atoms with Crippen LogP contribution in [0.3, 0.4) is 0 Å². The summed E-state index contributed by atoms with van der Waals surface area (Å²) in [5.74, 6) is 0.0558. The molecule has 0 spiro atoms. The molecular formula is C14H21NO3S. The maximum atomic E-state index is 12.3. The molecule has 2 rings (SSSR count). The molecule has 1 fully saturated rings. The molecule has 19 heavy (non-hydrogen) atoms. The van der Waals surface area contributed by atoms with Gasteiger partial charge in [-0.1, -0.05) is 18.2 Å². The topological polar surface area (TPSA) is 46.6 Å². The van der Waals surface area contributed by atoms with E-state index in [1.54, 1.807) is 24.3 Å². The summed E-state index contributed by atoms with van der Waals surface area (Å²) < 4.78 is 30.2. The second-order valence-corrected chi connectivity index (χ2v) is 7.21. The van der Waals surface area contributed by atoms with Crippen LogP contribution in [-0.4, -0.2) is 50.9 Å². The van der Waals surface area contributed by atoms with Crippen molar-refractivity contribution in [3.63, 3.8) is 0 Å². The lowest BCUT2D eigenvalue weighted by molar-refractivity contribution is -0.0272. The normalized spacial score (nSPS) is 21.7. The highest BCUT2D eigenvalue weighted by Gasteiger charge is 2.27. The van der Waals surface area contributed by atoms with Crippen molar-refractivity contribution in [1.82, 2.24) is 4.90 Å². The first-order chi connectivity index (χ1) is 8.99. The highest BCUT2D eigenvalue weighted by molar-refractivity contribution is 7.91. The summed E-state index contributed by atoms with van der Waals surface area (Å²) >= 11 is 0. The monoisotopic (exact) mass is 283 g/mol. The minimum Gasteiger partial charge on any atom is -0.374 e. The van der Waals surface area contributed by atoms with Crippen molar-refractivity contribution in [1.29, 1.82) is 0 Å². The summed E-state index contributed by atoms with van der Waals surface area (Å²) in [6, 6.07) is 9.00. The molecule has 0 saturated carbocycles. The van der Waals surface area contributed by atoms with Crippen molar-refractivity contribution < 1.29 is 13.2 Å². The van der Waals surface area contributed by atoms with Gasteiger partial charge in [0, 0.05) is 19.1 Å². The van der Waals surface area contributed by atoms with E-state index in [0.717, 1.165) is 6.54 Å². The SMILES string of the molecule is CC(C)N1CCOC(CS(=O)(=O)c2ccccc2)C1. The first-order valence-electron chi connectivity index (χ1n) is 6.62. The molecule has 0 amide bonds. The van der Waals surface area contributed by atoms with E-state index in [1.807, 2.05) is 6.07 Å². The Morgan fingerprint density at radius 3 is 2.63 bits per heavy atom. The van der Waals surface area contributed by atoms with Crippen LogP contribution in [0.1, 0.15) is 13.8 Å². The van der Waals surface area contributed by atoms with E-state index in [-0.39, 0.29) is 11.9 Å². The highest BCUT2D eigenvalue weighted by Crippen LogP contribution is 2.16. The molecule has 1 aliphatic heterocycles. The largest absolute Gasteiger partial charge is 0.374 e. The van der Waals surface area contributed by atoms with E-state index in [0.29, 0.717) is 24.1 Å². The Morgan fingerprint density at radius 1 is 1.32 bits per heavy atom. The van der Waals surface area contributed by atoms with E-state index in [9.17, 15) is 8.42 Å². The van der Waals surface area contributed by atoms with E-state index >= 15 is 0 Å². The number of ether oxygens (including phenoxy) is 1. The van der Waals surface area contributed by atoms with Crippen LogP contribution in [0.15, 0.2) is 35.2 Å². The fourth-order valence-corrected chi connectivity index (χ4v) is 3.74. The first kappa shape index (κ1) is 14.5. The van der Waals surface area contributed by atoms with Crippen molar-refractivity contribution in [3.05, 3.63) is 30.3 Å². The quantitative estimate of drug-likeness (QED) is 0.841. The number of sulfone groups is 1. The van der Waals surface area contributed by atoms with Crippen molar-refractivity contribution >= 4 is 9.84 Å². The van der Waals surface area contributed by atoms with E-state index in [4.69, 9.17) is 4.74 Å². The molecule has 1 aliphatic rings. The second kappa shape index (κ2) is 6.03. The third-order valence-corrected chi connectivity index (χ3v) is 5.21. The Kier molecular flexibility index (Phi) is 4.60. The van der Waals surface area contributed by atoms with Crippen molar-refractivity contribution in [2.45, 2.75) is 30.9 Å². The van der Waals surface area contributed by atoms with Crippen LogP contribution < -0.4 is 0 Å². The van der Waals surface area contributed by atoms with Gasteiger partial charge in [0.05, 0.1) is 23.4 Å². The summed E-state index contributed by atoms with van der Waals surface area (Å²) in [6.07, 6.45) is -0.235. The molecular weight excluding hydrogens is 262 g/mol. The van der Waals surface area contributed by atoms with E-state index in [1.165, 1.54) is 0 Å². The predicted octanol–water partition coefficient (Wildman–Crippen LogP) is 1.57. The molecule has 0 radical (unpaired) electrons. The van der Waals surface area contributed by atoms with Crippen LogP contribution in [0, 0.1) is 0 Å². The van der Waals surface area contributed by atoms with Crippen LogP contribution in [0.2, 0.25) is 0 Å². The molecule has 5 heteroatoms. The van der Waals surface area contributed by atoms with Gasteiger partial charge in [-0.05, 0) is 26.0 Å². The van der Waals surface area contributed by atoms with Crippen LogP contribution in [0.5, 0.6) is 0 Å². The summed E-state index contributed by atoms with van der Waals surface area (Å²) in [7, 11) is -3.26. The molecule has 1 aromatic carbocycles. The summed E-state index contributed by atoms with van der Waals surface area (Å²) in [4.78, 5) is 2.63. The van der Waals surface area contributed by atoms with Gasteiger partial charge in [0.15, 0.2) is 9.84 Å². The standard InChI is InChI=1S/C14H21NO3S/c1-12(2)15-8-9-18-13(10-15)11-19(16,17)14-6-4-3-5-7-14/h3-7,12-13H,8-11H2,1-2H3. The molecule has 4 nitrogen and oxygen atoms in total. The minimum atomic E-state index is -3.26. The van der Waals surface area contributed by atoms with Gasteiger partial charge in [-0.25, -0.2) is 8.42 Å². The number of rotatable bonds is 4. The summed E-state index contributed by atoms with van der Waals surface area (Å²) in [5.41, 5.74) is 0. The molecule has 0 N–H and O–H groups in total. The lowest BCUT2D eigenvalue weighted by atomic mass is 10.2. The predicted molar refractivity (Wildman–Crippen MR) is 74.9 cm³/mol. The first-order valence-corrected chi connectivity index (χ1v) is 8.28. The number of nitrogens with zero attached hydrogens (tertiary/aromatic N) is 1. The Hall–Kier alpha value is -0.910. The van der Waals surface area contributed by atoms with Gasteiger partial charge in [-0.2, -0.15) is 0 Å². The molecule has 106 valence electrons. The Balaban J connectivity index is 2.04. The van der Waals surface area contributed by atoms with E-state index < -0.39 is 9.84 Å². The van der Waals surface area contributed by atoms with Gasteiger partial charge >= 0.3 is 0 Å². The summed E-state index contributed by atoms with van der Waals surface area (Å²) in [6.45, 7) is 6.40. The maximum absolute atomic E-state index is 12.3. The van der Waals surface area contributed by atoms with Gasteiger partial charge in [0.1, 0.15) is 0 Å². The highest BCUT2D eigenvalue weighted by atomic mass is 32.2. The van der Waals surface area contributed by atoms with Gasteiger partial charge in [0.2, 0.25) is 0 Å². The lowest BCUT2D eigenvalue weighted by Crippen LogP contribution is -2.48. The Bertz CT molecular complexity index is 499. The number of hydrogen-bond acceptors (Lipinski definition) is 4. The summed E-state index contributed by atoms with van der Waals surface area (Å²) in [5, 5.41) is 0. The van der Waals surface area contributed by atoms with Gasteiger partial charge in [-0.15, -0.1) is 0 Å². The zero-order chi connectivity index (χ0) is 13.9. The molecule has 0 aromatic heterocycles. The fraction of sp³-hybridized carbons (Fsp3) is 0.571. The van der Waals surface area contributed by atoms with Crippen LogP contribution >= 0.6 is 0 Å². The van der Waals surface area contributed by atoms with Crippen LogP contribution in [-0.2, 0) is 14.6 Å². The zero-order valence-electron chi connectivity index (χ0n) is 11.5. The van der Waals surface area contributed by atoms with Crippen molar-refractivity contribution in [2.24, 2.45) is 0 Å². The average Bonchev–Trinajstić information content (AvgIpc) is 2.39. The number of morpholine rings is 1. The Labute approximate surface area is 115 Å². The maximum Gasteiger partial charge on any atom is 0.180 e. The van der Waals surface area contributed by atoms with Crippen LogP contribution in [0.4, 0.5) is 0 Å². The number of benzene rings is 1. The molecule has 1 unspecified atom stereocenters. The van der Waals surface area contributed by atoms with Crippen molar-refractivity contribution in [3.8, 4) is 0 Å². The number of hydrogen-bond donors (Lipinski definition) is 0. The molecule has 0 bridgehead atoms. The third-order valence-electron chi connectivity index (χ3n) is 3.41. The molecule has 1 saturated heterocycles. The minimum absolute atomic E-state index is 0.0558. The van der Waals surface area contributed by atoms with Crippen LogP contribution in [0.25, 0.3) is 0 Å². The molecule has 1 aromatic rings. The third kappa shape index (κ3) is 3.78. The smallest absolute Gasteiger partial charge is 0.180 e. The molecule has 1 heterocycles. The Morgan fingerprint density at radius 2 is 2.00 bits per heavy atom. The van der Waals surface area contributed by atoms with E-state index in [2.05, 4.69) is 18.7 Å². The van der Waals surface area contributed by atoms with Gasteiger partial charge < -0.3 is 4.74 Å². The van der Waals surface area contributed by atoms with Crippen molar-refractivity contribution in [2.75, 3.05) is 25.4 Å².